The van der Waals surface area contributed by atoms with E-state index in [9.17, 15) is 9.59 Å². The molecule has 1 saturated carbocycles. The number of fused-ring (bicyclic) bond motifs is 1. The van der Waals surface area contributed by atoms with Crippen molar-refractivity contribution in [2.75, 3.05) is 46.1 Å². The van der Waals surface area contributed by atoms with E-state index >= 15 is 0 Å². The number of carbonyl (C=O) groups excluding carboxylic acids is 2. The molecule has 1 saturated heterocycles. The maximum atomic E-state index is 13.6. The predicted molar refractivity (Wildman–Crippen MR) is 120 cm³/mol. The fraction of sp³-hybridized carbons (Fsp3) is 0.600. The summed E-state index contributed by atoms with van der Waals surface area (Å²) < 4.78 is 16.9. The number of morpholine rings is 1. The zero-order chi connectivity index (χ0) is 22.2. The van der Waals surface area contributed by atoms with E-state index in [1.165, 1.54) is 5.57 Å². The van der Waals surface area contributed by atoms with Crippen molar-refractivity contribution in [1.29, 1.82) is 0 Å². The van der Waals surface area contributed by atoms with Crippen molar-refractivity contribution in [2.45, 2.75) is 51.2 Å². The number of rotatable bonds is 2. The molecule has 1 N–H and O–H groups in total. The monoisotopic (exact) mass is 442 g/mol. The summed E-state index contributed by atoms with van der Waals surface area (Å²) in [7, 11) is 0. The van der Waals surface area contributed by atoms with Crippen molar-refractivity contribution in [2.24, 2.45) is 0 Å². The molecule has 2 amide bonds. The number of hydrogen-bond acceptors (Lipinski definition) is 5. The zero-order valence-corrected chi connectivity index (χ0v) is 18.8. The quantitative estimate of drug-likeness (QED) is 0.713. The van der Waals surface area contributed by atoms with E-state index in [0.717, 1.165) is 49.7 Å². The average Bonchev–Trinajstić information content (AvgIpc) is 2.79. The van der Waals surface area contributed by atoms with Crippen LogP contribution in [0.25, 0.3) is 0 Å². The van der Waals surface area contributed by atoms with Gasteiger partial charge in [0.05, 0.1) is 39.1 Å². The Hall–Kier alpha value is -2.22. The maximum Gasteiger partial charge on any atom is 0.252 e. The summed E-state index contributed by atoms with van der Waals surface area (Å²) in [6, 6.07) is 7.22. The van der Waals surface area contributed by atoms with Gasteiger partial charge in [-0.15, -0.1) is 0 Å². The highest BCUT2D eigenvalue weighted by Crippen LogP contribution is 2.33. The topological polar surface area (TPSA) is 77.1 Å². The third kappa shape index (κ3) is 5.77. The standard InChI is InChI=1S/C25H34N2O5/c28-24-21-9-2-1-6-20(21)18-32-17-16-30-13-4-3-10-22(26-24)23(19-7-5-8-19)25(29)27-11-14-31-15-12-27/h1-2,6,9,22H,3-5,7-8,10-18H2,(H,26,28). The lowest BCUT2D eigenvalue weighted by Gasteiger charge is -2.34. The highest BCUT2D eigenvalue weighted by molar-refractivity contribution is 5.99. The van der Waals surface area contributed by atoms with E-state index in [0.29, 0.717) is 58.3 Å². The molecule has 1 unspecified atom stereocenters. The summed E-state index contributed by atoms with van der Waals surface area (Å²) in [5.74, 6) is -0.0861. The summed E-state index contributed by atoms with van der Waals surface area (Å²) in [4.78, 5) is 28.8. The third-order valence-corrected chi connectivity index (χ3v) is 6.44. The van der Waals surface area contributed by atoms with E-state index in [-0.39, 0.29) is 17.9 Å². The van der Waals surface area contributed by atoms with Crippen LogP contribution >= 0.6 is 0 Å². The molecule has 0 radical (unpaired) electrons. The minimum atomic E-state index is -0.301. The number of ether oxygens (including phenoxy) is 3. The molecule has 1 aromatic rings. The molecule has 174 valence electrons. The van der Waals surface area contributed by atoms with Crippen LogP contribution in [0.15, 0.2) is 35.4 Å². The second-order valence-corrected chi connectivity index (χ2v) is 8.62. The van der Waals surface area contributed by atoms with Gasteiger partial charge in [-0.2, -0.15) is 0 Å². The summed E-state index contributed by atoms with van der Waals surface area (Å²) in [6.07, 6.45) is 5.46. The smallest absolute Gasteiger partial charge is 0.252 e. The Morgan fingerprint density at radius 1 is 0.906 bits per heavy atom. The average molecular weight is 443 g/mol. The summed E-state index contributed by atoms with van der Waals surface area (Å²) in [5, 5.41) is 3.22. The van der Waals surface area contributed by atoms with E-state index in [2.05, 4.69) is 5.32 Å². The number of nitrogens with zero attached hydrogens (tertiary/aromatic N) is 1. The first-order valence-corrected chi connectivity index (χ1v) is 11.9. The summed E-state index contributed by atoms with van der Waals surface area (Å²) in [6.45, 7) is 4.40. The molecule has 1 atom stereocenters. The van der Waals surface area contributed by atoms with Gasteiger partial charge in [-0.3, -0.25) is 9.59 Å². The SMILES string of the molecule is O=C1NC(C(C(=O)N2CCOCC2)=C2CCC2)CCCCOCCOCc2ccccc21. The Morgan fingerprint density at radius 3 is 2.44 bits per heavy atom. The Bertz CT molecular complexity index is 825. The van der Waals surface area contributed by atoms with Gasteiger partial charge in [0.15, 0.2) is 0 Å². The molecule has 3 aliphatic rings. The van der Waals surface area contributed by atoms with Crippen molar-refractivity contribution in [3.8, 4) is 0 Å². The Labute approximate surface area is 190 Å². The number of carbonyl (C=O) groups is 2. The van der Waals surface area contributed by atoms with Crippen molar-refractivity contribution >= 4 is 11.8 Å². The minimum Gasteiger partial charge on any atom is -0.379 e. The van der Waals surface area contributed by atoms with E-state index in [4.69, 9.17) is 14.2 Å². The van der Waals surface area contributed by atoms with Crippen molar-refractivity contribution in [3.63, 3.8) is 0 Å². The number of benzene rings is 1. The second kappa shape index (κ2) is 11.6. The van der Waals surface area contributed by atoms with Gasteiger partial charge in [-0.25, -0.2) is 0 Å². The maximum absolute atomic E-state index is 13.6. The molecule has 0 aromatic heterocycles. The van der Waals surface area contributed by atoms with Crippen LogP contribution < -0.4 is 5.32 Å². The van der Waals surface area contributed by atoms with E-state index in [1.54, 1.807) is 0 Å². The molecule has 4 rings (SSSR count). The first-order chi connectivity index (χ1) is 15.7. The largest absolute Gasteiger partial charge is 0.379 e. The van der Waals surface area contributed by atoms with Crippen LogP contribution in [-0.4, -0.2) is 68.9 Å². The molecule has 7 nitrogen and oxygen atoms in total. The van der Waals surface area contributed by atoms with Crippen LogP contribution in [0.4, 0.5) is 0 Å². The second-order valence-electron chi connectivity index (χ2n) is 8.62. The molecule has 0 bridgehead atoms. The lowest BCUT2D eigenvalue weighted by Crippen LogP contribution is -2.47. The van der Waals surface area contributed by atoms with Crippen LogP contribution in [0.3, 0.4) is 0 Å². The van der Waals surface area contributed by atoms with Crippen molar-refractivity contribution in [3.05, 3.63) is 46.5 Å². The van der Waals surface area contributed by atoms with Crippen LogP contribution in [0.5, 0.6) is 0 Å². The number of nitrogens with one attached hydrogen (secondary N) is 1. The minimum absolute atomic E-state index is 0.0577. The first kappa shape index (κ1) is 23.0. The molecule has 2 heterocycles. The number of hydrogen-bond donors (Lipinski definition) is 1. The lowest BCUT2D eigenvalue weighted by molar-refractivity contribution is -0.131. The Kier molecular flexibility index (Phi) is 8.31. The van der Waals surface area contributed by atoms with Crippen LogP contribution in [0, 0.1) is 0 Å². The van der Waals surface area contributed by atoms with Crippen molar-refractivity contribution in [1.82, 2.24) is 10.2 Å². The summed E-state index contributed by atoms with van der Waals surface area (Å²) in [5.41, 5.74) is 3.44. The molecule has 0 spiro atoms. The fourth-order valence-corrected chi connectivity index (χ4v) is 4.45. The van der Waals surface area contributed by atoms with Gasteiger partial charge in [0.1, 0.15) is 0 Å². The molecular formula is C25H34N2O5. The van der Waals surface area contributed by atoms with Crippen LogP contribution in [-0.2, 0) is 25.6 Å². The van der Waals surface area contributed by atoms with E-state index in [1.807, 2.05) is 29.2 Å². The van der Waals surface area contributed by atoms with Gasteiger partial charge in [-0.1, -0.05) is 23.8 Å². The number of allylic oxidation sites excluding steroid dienone is 1. The fourth-order valence-electron chi connectivity index (χ4n) is 4.45. The first-order valence-electron chi connectivity index (χ1n) is 11.9. The number of amides is 2. The molecule has 2 fully saturated rings. The van der Waals surface area contributed by atoms with Crippen LogP contribution in [0.2, 0.25) is 0 Å². The molecule has 1 aliphatic carbocycles. The highest BCUT2D eigenvalue weighted by Gasteiger charge is 2.32. The molecule has 32 heavy (non-hydrogen) atoms. The van der Waals surface area contributed by atoms with Gasteiger partial charge in [0, 0.05) is 30.8 Å². The van der Waals surface area contributed by atoms with Gasteiger partial charge in [0.25, 0.3) is 11.8 Å². The van der Waals surface area contributed by atoms with Crippen LogP contribution in [0.1, 0.15) is 54.4 Å². The summed E-state index contributed by atoms with van der Waals surface area (Å²) >= 11 is 0. The third-order valence-electron chi connectivity index (χ3n) is 6.44. The molecule has 7 heteroatoms. The highest BCUT2D eigenvalue weighted by atomic mass is 16.5. The molecular weight excluding hydrogens is 408 g/mol. The van der Waals surface area contributed by atoms with E-state index < -0.39 is 0 Å². The van der Waals surface area contributed by atoms with Gasteiger partial charge in [-0.05, 0) is 50.2 Å². The molecule has 1 aromatic carbocycles. The van der Waals surface area contributed by atoms with Gasteiger partial charge < -0.3 is 24.4 Å². The Balaban J connectivity index is 1.60. The molecule has 2 aliphatic heterocycles. The van der Waals surface area contributed by atoms with Gasteiger partial charge >= 0.3 is 0 Å². The van der Waals surface area contributed by atoms with Gasteiger partial charge in [0.2, 0.25) is 0 Å². The van der Waals surface area contributed by atoms with Crippen molar-refractivity contribution < 1.29 is 23.8 Å². The zero-order valence-electron chi connectivity index (χ0n) is 18.8. The Morgan fingerprint density at radius 2 is 1.66 bits per heavy atom. The predicted octanol–water partition coefficient (Wildman–Crippen LogP) is 2.84. The lowest BCUT2D eigenvalue weighted by atomic mass is 9.83. The normalized spacial score (nSPS) is 23.4.